The molecule has 0 bridgehead atoms. The zero-order valence-corrected chi connectivity index (χ0v) is 16.1. The number of nitrogens with two attached hydrogens (primary N) is 1. The van der Waals surface area contributed by atoms with Crippen molar-refractivity contribution in [2.24, 2.45) is 11.7 Å². The Kier molecular flexibility index (Phi) is 6.47. The molecule has 1 aliphatic carbocycles. The Morgan fingerprint density at radius 1 is 1.07 bits per heavy atom. The van der Waals surface area contributed by atoms with Crippen LogP contribution in [-0.2, 0) is 14.3 Å². The second-order valence-electron chi connectivity index (χ2n) is 7.65. The van der Waals surface area contributed by atoms with E-state index in [-0.39, 0.29) is 36.7 Å². The van der Waals surface area contributed by atoms with Crippen LogP contribution in [0.3, 0.4) is 0 Å². The lowest BCUT2D eigenvalue weighted by Crippen LogP contribution is -2.25. The first-order valence-corrected chi connectivity index (χ1v) is 9.77. The van der Waals surface area contributed by atoms with Gasteiger partial charge in [0.25, 0.3) is 0 Å². The highest BCUT2D eigenvalue weighted by atomic mass is 16.5. The minimum atomic E-state index is -0.848. The number of fused-ring (bicyclic) bond motifs is 3. The molecule has 0 saturated heterocycles. The highest BCUT2D eigenvalue weighted by Crippen LogP contribution is 2.44. The molecule has 0 saturated carbocycles. The van der Waals surface area contributed by atoms with Gasteiger partial charge < -0.3 is 15.6 Å². The van der Waals surface area contributed by atoms with Gasteiger partial charge in [-0.05, 0) is 41.0 Å². The van der Waals surface area contributed by atoms with Crippen LogP contribution in [0.1, 0.15) is 49.7 Å². The van der Waals surface area contributed by atoms with Gasteiger partial charge >= 0.3 is 11.9 Å². The third-order valence-electron chi connectivity index (χ3n) is 5.32. The second kappa shape index (κ2) is 9.02. The van der Waals surface area contributed by atoms with Gasteiger partial charge in [0.15, 0.2) is 0 Å². The van der Waals surface area contributed by atoms with Gasteiger partial charge in [-0.1, -0.05) is 55.5 Å². The van der Waals surface area contributed by atoms with Crippen molar-refractivity contribution >= 4 is 11.9 Å². The lowest BCUT2D eigenvalue weighted by Gasteiger charge is -2.18. The number of carboxylic acids is 1. The van der Waals surface area contributed by atoms with Gasteiger partial charge in [0, 0.05) is 24.8 Å². The van der Waals surface area contributed by atoms with Crippen molar-refractivity contribution in [1.29, 1.82) is 0 Å². The van der Waals surface area contributed by atoms with Crippen molar-refractivity contribution in [1.82, 2.24) is 0 Å². The van der Waals surface area contributed by atoms with Crippen LogP contribution in [-0.4, -0.2) is 29.7 Å². The summed E-state index contributed by atoms with van der Waals surface area (Å²) >= 11 is 0. The van der Waals surface area contributed by atoms with Crippen molar-refractivity contribution in [3.8, 4) is 11.1 Å². The summed E-state index contributed by atoms with van der Waals surface area (Å²) in [5, 5.41) is 8.73. The third kappa shape index (κ3) is 4.78. The van der Waals surface area contributed by atoms with Crippen LogP contribution in [0, 0.1) is 5.92 Å². The van der Waals surface area contributed by atoms with E-state index in [0.717, 1.165) is 0 Å². The van der Waals surface area contributed by atoms with E-state index in [9.17, 15) is 9.59 Å². The Bertz CT molecular complexity index is 803. The van der Waals surface area contributed by atoms with E-state index in [4.69, 9.17) is 15.6 Å². The van der Waals surface area contributed by atoms with Gasteiger partial charge in [-0.3, -0.25) is 9.59 Å². The summed E-state index contributed by atoms with van der Waals surface area (Å²) < 4.78 is 5.62. The normalized spacial score (nSPS) is 14.8. The zero-order chi connectivity index (χ0) is 20.1. The molecule has 0 radical (unpaired) electrons. The third-order valence-corrected chi connectivity index (χ3v) is 5.32. The molecule has 0 amide bonds. The average molecular weight is 381 g/mol. The fourth-order valence-corrected chi connectivity index (χ4v) is 3.99. The maximum Gasteiger partial charge on any atom is 0.306 e. The molecule has 2 aromatic rings. The van der Waals surface area contributed by atoms with Crippen LogP contribution < -0.4 is 5.73 Å². The Morgan fingerprint density at radius 3 is 2.21 bits per heavy atom. The van der Waals surface area contributed by atoms with Crippen molar-refractivity contribution in [2.45, 2.75) is 44.6 Å². The van der Waals surface area contributed by atoms with Crippen LogP contribution in [0.2, 0.25) is 0 Å². The van der Waals surface area contributed by atoms with Crippen LogP contribution in [0.5, 0.6) is 0 Å². The molecule has 2 atom stereocenters. The van der Waals surface area contributed by atoms with Crippen molar-refractivity contribution < 1.29 is 19.4 Å². The number of rotatable bonds is 9. The predicted molar refractivity (Wildman–Crippen MR) is 108 cm³/mol. The standard InChI is InChI=1S/C23H27NO4/c1-15(12-16(24)10-11-22(25)26)13-23(27)28-14-21-19-8-4-2-6-17(19)18-7-3-5-9-20(18)21/h2-9,15-16,21H,10-14,24H2,1H3,(H,25,26)/t15-,16+/m1/s1. The average Bonchev–Trinajstić information content (AvgIpc) is 2.98. The fraction of sp³-hybridized carbons (Fsp3) is 0.391. The molecule has 0 aliphatic heterocycles. The fourth-order valence-electron chi connectivity index (χ4n) is 3.99. The molecule has 0 unspecified atom stereocenters. The molecular formula is C23H27NO4. The molecule has 2 aromatic carbocycles. The molecule has 0 spiro atoms. The van der Waals surface area contributed by atoms with Crippen molar-refractivity contribution in [3.63, 3.8) is 0 Å². The van der Waals surface area contributed by atoms with Crippen LogP contribution in [0.25, 0.3) is 11.1 Å². The van der Waals surface area contributed by atoms with Crippen molar-refractivity contribution in [3.05, 3.63) is 59.7 Å². The van der Waals surface area contributed by atoms with Crippen molar-refractivity contribution in [2.75, 3.05) is 6.61 Å². The molecule has 5 nitrogen and oxygen atoms in total. The van der Waals surface area contributed by atoms with Gasteiger partial charge in [-0.15, -0.1) is 0 Å². The number of esters is 1. The summed E-state index contributed by atoms with van der Waals surface area (Å²) in [6.45, 7) is 2.27. The summed E-state index contributed by atoms with van der Waals surface area (Å²) in [6, 6.07) is 16.3. The van der Waals surface area contributed by atoms with E-state index in [1.165, 1.54) is 22.3 Å². The Hall–Kier alpha value is -2.66. The predicted octanol–water partition coefficient (Wildman–Crippen LogP) is 3.95. The lowest BCUT2D eigenvalue weighted by atomic mass is 9.96. The first-order chi connectivity index (χ1) is 13.5. The molecule has 0 fully saturated rings. The van der Waals surface area contributed by atoms with E-state index >= 15 is 0 Å². The summed E-state index contributed by atoms with van der Waals surface area (Å²) in [5.41, 5.74) is 10.8. The number of carbonyl (C=O) groups excluding carboxylic acids is 1. The monoisotopic (exact) mass is 381 g/mol. The number of aliphatic carboxylic acids is 1. The number of hydrogen-bond acceptors (Lipinski definition) is 4. The number of benzene rings is 2. The van der Waals surface area contributed by atoms with Gasteiger partial charge in [-0.25, -0.2) is 0 Å². The van der Waals surface area contributed by atoms with Crippen LogP contribution in [0.15, 0.2) is 48.5 Å². The minimum absolute atomic E-state index is 0.0544. The zero-order valence-electron chi connectivity index (χ0n) is 16.1. The van der Waals surface area contributed by atoms with E-state index < -0.39 is 5.97 Å². The molecule has 1 aliphatic rings. The molecule has 148 valence electrons. The second-order valence-corrected chi connectivity index (χ2v) is 7.65. The molecular weight excluding hydrogens is 354 g/mol. The first kappa shape index (κ1) is 20.1. The van der Waals surface area contributed by atoms with E-state index in [2.05, 4.69) is 24.3 Å². The maximum atomic E-state index is 12.3. The van der Waals surface area contributed by atoms with Gasteiger partial charge in [-0.2, -0.15) is 0 Å². The Labute approximate surface area is 165 Å². The number of hydrogen-bond donors (Lipinski definition) is 2. The van der Waals surface area contributed by atoms with E-state index in [0.29, 0.717) is 19.4 Å². The van der Waals surface area contributed by atoms with Gasteiger partial charge in [0.05, 0.1) is 0 Å². The maximum absolute atomic E-state index is 12.3. The summed E-state index contributed by atoms with van der Waals surface area (Å²) in [4.78, 5) is 22.9. The highest BCUT2D eigenvalue weighted by molar-refractivity contribution is 5.79. The van der Waals surface area contributed by atoms with Gasteiger partial charge in [0.1, 0.15) is 6.61 Å². The number of ether oxygens (including phenoxy) is 1. The summed E-state index contributed by atoms with van der Waals surface area (Å²) in [6.07, 6.45) is 1.37. The number of carboxylic acid groups (broad SMARTS) is 1. The van der Waals surface area contributed by atoms with Crippen LogP contribution >= 0.6 is 0 Å². The summed E-state index contributed by atoms with van der Waals surface area (Å²) in [7, 11) is 0. The SMILES string of the molecule is C[C@@H](CC(=O)OCC1c2ccccc2-c2ccccc21)C[C@@H](N)CCC(=O)O. The molecule has 5 heteroatoms. The molecule has 0 aromatic heterocycles. The first-order valence-electron chi connectivity index (χ1n) is 9.77. The highest BCUT2D eigenvalue weighted by Gasteiger charge is 2.29. The smallest absolute Gasteiger partial charge is 0.306 e. The summed E-state index contributed by atoms with van der Waals surface area (Å²) in [5.74, 6) is -0.969. The molecule has 3 rings (SSSR count). The Morgan fingerprint density at radius 2 is 1.64 bits per heavy atom. The molecule has 28 heavy (non-hydrogen) atoms. The van der Waals surface area contributed by atoms with E-state index in [1.807, 2.05) is 31.2 Å². The lowest BCUT2D eigenvalue weighted by molar-refractivity contribution is -0.145. The van der Waals surface area contributed by atoms with E-state index in [1.54, 1.807) is 0 Å². The molecule has 0 heterocycles. The topological polar surface area (TPSA) is 89.6 Å². The van der Waals surface area contributed by atoms with Gasteiger partial charge in [0.2, 0.25) is 0 Å². The Balaban J connectivity index is 1.54. The number of carbonyl (C=O) groups is 2. The quantitative estimate of drug-likeness (QED) is 0.642. The van der Waals surface area contributed by atoms with Crippen LogP contribution in [0.4, 0.5) is 0 Å². The molecule has 3 N–H and O–H groups in total. The largest absolute Gasteiger partial charge is 0.481 e. The minimum Gasteiger partial charge on any atom is -0.481 e.